The number of hydrazine groups is 1. The maximum atomic E-state index is 12.6. The monoisotopic (exact) mass is 415 g/mol. The van der Waals surface area contributed by atoms with Crippen molar-refractivity contribution in [2.24, 2.45) is 0 Å². The number of nitrogens with zero attached hydrogens (tertiary/aromatic N) is 2. The van der Waals surface area contributed by atoms with Gasteiger partial charge >= 0.3 is 6.03 Å². The zero-order chi connectivity index (χ0) is 21.7. The normalized spacial score (nSPS) is 17.2. The van der Waals surface area contributed by atoms with Crippen molar-refractivity contribution in [3.63, 3.8) is 0 Å². The summed E-state index contributed by atoms with van der Waals surface area (Å²) in [6, 6.07) is 6.67. The molecular weight excluding hydrogens is 386 g/mol. The van der Waals surface area contributed by atoms with E-state index in [1.165, 1.54) is 0 Å². The van der Waals surface area contributed by atoms with Gasteiger partial charge in [-0.2, -0.15) is 0 Å². The molecule has 0 bridgehead atoms. The lowest BCUT2D eigenvalue weighted by Crippen LogP contribution is -2.45. The van der Waals surface area contributed by atoms with Gasteiger partial charge in [0.25, 0.3) is 11.8 Å². The Bertz CT molecular complexity index is 813. The van der Waals surface area contributed by atoms with E-state index in [2.05, 4.69) is 34.9 Å². The summed E-state index contributed by atoms with van der Waals surface area (Å²) in [5.74, 6) is -1.17. The van der Waals surface area contributed by atoms with Crippen LogP contribution in [0.4, 0.5) is 10.5 Å². The predicted octanol–water partition coefficient (Wildman–Crippen LogP) is 1.55. The molecule has 1 aliphatic carbocycles. The minimum Gasteiger partial charge on any atom is -0.372 e. The number of anilines is 1. The number of urea groups is 1. The van der Waals surface area contributed by atoms with E-state index in [0.717, 1.165) is 36.5 Å². The van der Waals surface area contributed by atoms with Crippen LogP contribution in [0.3, 0.4) is 0 Å². The number of carbonyl (C=O) groups excluding carboxylic acids is 4. The molecule has 1 saturated heterocycles. The first-order chi connectivity index (χ1) is 14.4. The van der Waals surface area contributed by atoms with E-state index in [-0.39, 0.29) is 18.9 Å². The van der Waals surface area contributed by atoms with Crippen LogP contribution in [0.15, 0.2) is 24.3 Å². The van der Waals surface area contributed by atoms with Gasteiger partial charge in [0, 0.05) is 37.3 Å². The van der Waals surface area contributed by atoms with Crippen molar-refractivity contribution in [3.05, 3.63) is 29.8 Å². The molecule has 9 heteroatoms. The van der Waals surface area contributed by atoms with Crippen LogP contribution in [0.1, 0.15) is 56.3 Å². The van der Waals surface area contributed by atoms with E-state index >= 15 is 0 Å². The van der Waals surface area contributed by atoms with Crippen molar-refractivity contribution in [2.45, 2.75) is 51.5 Å². The fraction of sp³-hybridized carbons (Fsp3) is 0.524. The molecule has 0 aromatic heterocycles. The van der Waals surface area contributed by atoms with E-state index in [0.29, 0.717) is 18.4 Å². The van der Waals surface area contributed by atoms with Crippen LogP contribution in [0.25, 0.3) is 0 Å². The summed E-state index contributed by atoms with van der Waals surface area (Å²) in [5, 5.41) is 2.78. The fourth-order valence-electron chi connectivity index (χ4n) is 4.08. The molecule has 162 valence electrons. The number of rotatable bonds is 7. The first-order valence-electron chi connectivity index (χ1n) is 10.5. The number of hydrogen-bond acceptors (Lipinski definition) is 5. The first kappa shape index (κ1) is 21.6. The van der Waals surface area contributed by atoms with Gasteiger partial charge < -0.3 is 10.2 Å². The van der Waals surface area contributed by atoms with Crippen LogP contribution < -0.4 is 21.1 Å². The third kappa shape index (κ3) is 4.39. The summed E-state index contributed by atoms with van der Waals surface area (Å²) in [6.45, 7) is 5.85. The van der Waals surface area contributed by atoms with Crippen LogP contribution in [-0.4, -0.2) is 53.8 Å². The first-order valence-corrected chi connectivity index (χ1v) is 10.5. The molecule has 2 fully saturated rings. The van der Waals surface area contributed by atoms with Crippen molar-refractivity contribution < 1.29 is 19.2 Å². The van der Waals surface area contributed by atoms with Gasteiger partial charge in [0.2, 0.25) is 5.91 Å². The van der Waals surface area contributed by atoms with Gasteiger partial charge in [0.1, 0.15) is 5.54 Å². The highest BCUT2D eigenvalue weighted by atomic mass is 16.2. The molecule has 0 unspecified atom stereocenters. The lowest BCUT2D eigenvalue weighted by Gasteiger charge is -2.21. The highest BCUT2D eigenvalue weighted by Crippen LogP contribution is 2.34. The van der Waals surface area contributed by atoms with Crippen molar-refractivity contribution in [1.82, 2.24) is 21.1 Å². The zero-order valence-electron chi connectivity index (χ0n) is 17.5. The molecule has 0 radical (unpaired) electrons. The second kappa shape index (κ2) is 9.15. The number of nitrogens with one attached hydrogen (secondary N) is 3. The third-order valence-electron chi connectivity index (χ3n) is 5.84. The molecule has 9 nitrogen and oxygen atoms in total. The molecule has 1 aromatic rings. The molecule has 1 aromatic carbocycles. The number of carbonyl (C=O) groups is 4. The smallest absolute Gasteiger partial charge is 0.325 e. The van der Waals surface area contributed by atoms with Crippen LogP contribution >= 0.6 is 0 Å². The van der Waals surface area contributed by atoms with E-state index in [4.69, 9.17) is 0 Å². The molecular formula is C21H29N5O4. The minimum absolute atomic E-state index is 0.0211. The molecule has 0 atom stereocenters. The summed E-state index contributed by atoms with van der Waals surface area (Å²) >= 11 is 0. The van der Waals surface area contributed by atoms with E-state index in [1.54, 1.807) is 12.1 Å². The molecule has 1 aliphatic heterocycles. The molecule has 30 heavy (non-hydrogen) atoms. The summed E-state index contributed by atoms with van der Waals surface area (Å²) in [6.07, 6.45) is 3.01. The Labute approximate surface area is 176 Å². The van der Waals surface area contributed by atoms with Gasteiger partial charge in [-0.3, -0.25) is 30.1 Å². The SMILES string of the molecule is CCN(CC)c1ccc(C(=O)NNC(=O)CCN2C(=O)NC3(CCCC3)C2=O)cc1. The summed E-state index contributed by atoms with van der Waals surface area (Å²) in [5.41, 5.74) is 5.37. The molecule has 1 saturated carbocycles. The highest BCUT2D eigenvalue weighted by Gasteiger charge is 2.52. The van der Waals surface area contributed by atoms with E-state index in [9.17, 15) is 19.2 Å². The molecule has 3 rings (SSSR count). The summed E-state index contributed by atoms with van der Waals surface area (Å²) in [4.78, 5) is 52.3. The Morgan fingerprint density at radius 1 is 1.07 bits per heavy atom. The van der Waals surface area contributed by atoms with Gasteiger partial charge in [-0.05, 0) is 51.0 Å². The topological polar surface area (TPSA) is 111 Å². The standard InChI is InChI=1S/C21H29N5O4/c1-3-25(4-2)16-9-7-15(8-10-16)18(28)24-23-17(27)11-14-26-19(29)21(22-20(26)30)12-5-6-13-21/h7-10H,3-6,11-14H2,1-2H3,(H,22,30)(H,23,27)(H,24,28). The average Bonchev–Trinajstić information content (AvgIpc) is 3.31. The quantitative estimate of drug-likeness (QED) is 0.462. The molecule has 2 aliphatic rings. The fourth-order valence-corrected chi connectivity index (χ4v) is 4.08. The second-order valence-corrected chi connectivity index (χ2v) is 7.65. The van der Waals surface area contributed by atoms with Crippen molar-refractivity contribution in [2.75, 3.05) is 24.5 Å². The van der Waals surface area contributed by atoms with Crippen LogP contribution in [0.2, 0.25) is 0 Å². The van der Waals surface area contributed by atoms with Crippen LogP contribution in [-0.2, 0) is 9.59 Å². The third-order valence-corrected chi connectivity index (χ3v) is 5.84. The van der Waals surface area contributed by atoms with Gasteiger partial charge in [0.05, 0.1) is 0 Å². The Balaban J connectivity index is 1.46. The minimum atomic E-state index is -0.779. The number of hydrogen-bond donors (Lipinski definition) is 3. The van der Waals surface area contributed by atoms with Gasteiger partial charge in [-0.15, -0.1) is 0 Å². The Morgan fingerprint density at radius 3 is 2.30 bits per heavy atom. The lowest BCUT2D eigenvalue weighted by molar-refractivity contribution is -0.131. The van der Waals surface area contributed by atoms with Crippen molar-refractivity contribution >= 4 is 29.4 Å². The van der Waals surface area contributed by atoms with Crippen molar-refractivity contribution in [1.29, 1.82) is 0 Å². The molecule has 5 amide bonds. The zero-order valence-corrected chi connectivity index (χ0v) is 17.5. The summed E-state index contributed by atoms with van der Waals surface area (Å²) in [7, 11) is 0. The number of imide groups is 1. The van der Waals surface area contributed by atoms with Crippen molar-refractivity contribution in [3.8, 4) is 0 Å². The molecule has 1 spiro atoms. The molecule has 1 heterocycles. The molecule has 3 N–H and O–H groups in total. The van der Waals surface area contributed by atoms with E-state index in [1.807, 2.05) is 12.1 Å². The van der Waals surface area contributed by atoms with Crippen LogP contribution in [0, 0.1) is 0 Å². The van der Waals surface area contributed by atoms with Gasteiger partial charge in [0.15, 0.2) is 0 Å². The lowest BCUT2D eigenvalue weighted by atomic mass is 9.98. The van der Waals surface area contributed by atoms with Gasteiger partial charge in [-0.1, -0.05) is 12.8 Å². The van der Waals surface area contributed by atoms with Crippen LogP contribution in [0.5, 0.6) is 0 Å². The Kier molecular flexibility index (Phi) is 6.59. The highest BCUT2D eigenvalue weighted by molar-refractivity contribution is 6.07. The number of benzene rings is 1. The Morgan fingerprint density at radius 2 is 1.70 bits per heavy atom. The van der Waals surface area contributed by atoms with Gasteiger partial charge in [-0.25, -0.2) is 4.79 Å². The van der Waals surface area contributed by atoms with E-state index < -0.39 is 23.4 Å². The maximum Gasteiger partial charge on any atom is 0.325 e. The largest absolute Gasteiger partial charge is 0.372 e. The average molecular weight is 415 g/mol. The second-order valence-electron chi connectivity index (χ2n) is 7.65. The maximum absolute atomic E-state index is 12.6. The number of amides is 5. The summed E-state index contributed by atoms with van der Waals surface area (Å²) < 4.78 is 0. The predicted molar refractivity (Wildman–Crippen MR) is 112 cm³/mol. The Hall–Kier alpha value is -3.10.